The quantitative estimate of drug-likeness (QED) is 0.574. The molecule has 0 radical (unpaired) electrons. The second-order valence-electron chi connectivity index (χ2n) is 8.08. The predicted molar refractivity (Wildman–Crippen MR) is 123 cm³/mol. The molecule has 1 aliphatic rings. The van der Waals surface area contributed by atoms with Gasteiger partial charge in [0.1, 0.15) is 5.75 Å². The number of piperidine rings is 1. The van der Waals surface area contributed by atoms with E-state index in [4.69, 9.17) is 4.74 Å². The highest BCUT2D eigenvalue weighted by Gasteiger charge is 2.16. The van der Waals surface area contributed by atoms with Crippen molar-refractivity contribution in [2.45, 2.75) is 39.7 Å². The van der Waals surface area contributed by atoms with Gasteiger partial charge in [-0.25, -0.2) is 4.98 Å². The zero-order valence-electron chi connectivity index (χ0n) is 17.7. The number of anilines is 1. The average Bonchev–Trinajstić information content (AvgIpc) is 3.15. The number of fused-ring (bicyclic) bond motifs is 1. The highest BCUT2D eigenvalue weighted by Crippen LogP contribution is 2.28. The first-order valence-electron chi connectivity index (χ1n) is 10.7. The lowest BCUT2D eigenvalue weighted by Gasteiger charge is -2.30. The molecule has 0 bridgehead atoms. The van der Waals surface area contributed by atoms with E-state index >= 15 is 0 Å². The Kier molecular flexibility index (Phi) is 6.65. The highest BCUT2D eigenvalue weighted by atomic mass is 32.1. The van der Waals surface area contributed by atoms with Crippen LogP contribution in [-0.2, 0) is 17.8 Å². The van der Waals surface area contributed by atoms with Gasteiger partial charge in [-0.3, -0.25) is 15.0 Å². The number of nitrogens with zero attached hydrogens (tertiary/aromatic N) is 2. The maximum absolute atomic E-state index is 12.3. The number of likely N-dealkylation sites (tertiary alicyclic amines) is 1. The van der Waals surface area contributed by atoms with Gasteiger partial charge in [-0.05, 0) is 67.6 Å². The molecule has 0 atom stereocenters. The molecular weight excluding hydrogens is 394 g/mol. The van der Waals surface area contributed by atoms with Crippen LogP contribution in [0.4, 0.5) is 5.13 Å². The summed E-state index contributed by atoms with van der Waals surface area (Å²) in [6, 6.07) is 14.2. The number of hydrogen-bond donors (Lipinski definition) is 1. The fourth-order valence-corrected chi connectivity index (χ4v) is 4.78. The summed E-state index contributed by atoms with van der Waals surface area (Å²) in [4.78, 5) is 19.4. The second kappa shape index (κ2) is 9.58. The molecule has 0 spiro atoms. The first-order chi connectivity index (χ1) is 14.6. The van der Waals surface area contributed by atoms with Crippen LogP contribution in [-0.4, -0.2) is 35.5 Å². The van der Waals surface area contributed by atoms with Crippen molar-refractivity contribution >= 4 is 32.6 Å². The maximum atomic E-state index is 12.3. The summed E-state index contributed by atoms with van der Waals surface area (Å²) in [5.41, 5.74) is 3.32. The molecule has 3 aromatic rings. The van der Waals surface area contributed by atoms with Crippen LogP contribution in [0.2, 0.25) is 0 Å². The fourth-order valence-electron chi connectivity index (χ4n) is 3.83. The van der Waals surface area contributed by atoms with E-state index in [9.17, 15) is 4.79 Å². The summed E-state index contributed by atoms with van der Waals surface area (Å²) >= 11 is 1.51. The lowest BCUT2D eigenvalue weighted by atomic mass is 9.99. The molecule has 2 heterocycles. The topological polar surface area (TPSA) is 54.5 Å². The number of amides is 1. The zero-order chi connectivity index (χ0) is 20.9. The molecule has 5 nitrogen and oxygen atoms in total. The molecule has 1 fully saturated rings. The molecule has 1 amide bonds. The number of hydrogen-bond acceptors (Lipinski definition) is 5. The monoisotopic (exact) mass is 423 g/mol. The van der Waals surface area contributed by atoms with Gasteiger partial charge in [0.15, 0.2) is 11.7 Å². The van der Waals surface area contributed by atoms with Crippen molar-refractivity contribution in [3.05, 3.63) is 53.6 Å². The van der Waals surface area contributed by atoms with Gasteiger partial charge in [0.05, 0.1) is 10.2 Å². The Labute approximate surface area is 182 Å². The number of benzene rings is 2. The van der Waals surface area contributed by atoms with Gasteiger partial charge < -0.3 is 4.74 Å². The third-order valence-corrected chi connectivity index (χ3v) is 6.63. The van der Waals surface area contributed by atoms with Crippen molar-refractivity contribution in [3.8, 4) is 5.75 Å². The Balaban J connectivity index is 1.35. The molecular formula is C24H29N3O2S. The van der Waals surface area contributed by atoms with E-state index in [0.717, 1.165) is 40.4 Å². The van der Waals surface area contributed by atoms with E-state index in [1.54, 1.807) is 0 Å². The summed E-state index contributed by atoms with van der Waals surface area (Å²) in [6.45, 7) is 7.71. The Morgan fingerprint density at radius 3 is 2.83 bits per heavy atom. The number of carbonyl (C=O) groups is 1. The normalized spacial score (nSPS) is 15.4. The highest BCUT2D eigenvalue weighted by molar-refractivity contribution is 7.22. The third kappa shape index (κ3) is 5.18. The number of thiazole rings is 1. The van der Waals surface area contributed by atoms with E-state index in [0.29, 0.717) is 5.13 Å². The number of carbonyl (C=O) groups excluding carboxylic acids is 1. The van der Waals surface area contributed by atoms with Crippen LogP contribution in [0.1, 0.15) is 37.8 Å². The van der Waals surface area contributed by atoms with Gasteiger partial charge in [-0.2, -0.15) is 0 Å². The minimum absolute atomic E-state index is 0.0223. The molecule has 6 heteroatoms. The average molecular weight is 424 g/mol. The Morgan fingerprint density at radius 2 is 2.03 bits per heavy atom. The number of aromatic nitrogens is 1. The van der Waals surface area contributed by atoms with Gasteiger partial charge >= 0.3 is 0 Å². The van der Waals surface area contributed by atoms with Gasteiger partial charge in [-0.1, -0.05) is 49.4 Å². The number of nitrogens with one attached hydrogen (secondary N) is 1. The third-order valence-electron chi connectivity index (χ3n) is 5.69. The summed E-state index contributed by atoms with van der Waals surface area (Å²) < 4.78 is 6.81. The minimum atomic E-state index is -0.192. The predicted octanol–water partition coefficient (Wildman–Crippen LogP) is 5.11. The van der Waals surface area contributed by atoms with Crippen molar-refractivity contribution in [3.63, 3.8) is 0 Å². The molecule has 4 rings (SSSR count). The van der Waals surface area contributed by atoms with Crippen molar-refractivity contribution in [1.29, 1.82) is 0 Å². The van der Waals surface area contributed by atoms with Crippen molar-refractivity contribution in [1.82, 2.24) is 9.88 Å². The van der Waals surface area contributed by atoms with Crippen LogP contribution < -0.4 is 10.1 Å². The van der Waals surface area contributed by atoms with Crippen LogP contribution in [0.3, 0.4) is 0 Å². The molecule has 158 valence electrons. The second-order valence-corrected chi connectivity index (χ2v) is 9.11. The lowest BCUT2D eigenvalue weighted by Crippen LogP contribution is -2.32. The van der Waals surface area contributed by atoms with Crippen LogP contribution in [0.15, 0.2) is 42.5 Å². The Bertz CT molecular complexity index is 1010. The van der Waals surface area contributed by atoms with Crippen molar-refractivity contribution < 1.29 is 9.53 Å². The van der Waals surface area contributed by atoms with Crippen LogP contribution in [0.5, 0.6) is 5.75 Å². The molecule has 1 aromatic heterocycles. The molecule has 0 aliphatic carbocycles. The number of para-hydroxylation sites is 1. The zero-order valence-corrected chi connectivity index (χ0v) is 18.5. The van der Waals surface area contributed by atoms with Gasteiger partial charge in [0.25, 0.3) is 5.91 Å². The Morgan fingerprint density at radius 1 is 1.23 bits per heavy atom. The standard InChI is InChI=1S/C24H29N3O2S/c1-3-19-6-4-5-7-21(19)29-16-23(28)26-24-25-20-9-8-18(14-22(20)30-24)15-27-12-10-17(2)11-13-27/h4-9,14,17H,3,10-13,15-16H2,1-2H3,(H,25,26,28). The van der Waals surface area contributed by atoms with E-state index in [2.05, 4.69) is 47.2 Å². The van der Waals surface area contributed by atoms with Crippen molar-refractivity contribution in [2.24, 2.45) is 5.92 Å². The van der Waals surface area contributed by atoms with E-state index in [1.165, 1.54) is 42.8 Å². The number of rotatable bonds is 7. The number of aryl methyl sites for hydroxylation is 1. The van der Waals surface area contributed by atoms with Crippen LogP contribution in [0.25, 0.3) is 10.2 Å². The molecule has 30 heavy (non-hydrogen) atoms. The van der Waals surface area contributed by atoms with E-state index in [1.807, 2.05) is 24.3 Å². The Hall–Kier alpha value is -2.44. The summed E-state index contributed by atoms with van der Waals surface area (Å²) in [6.07, 6.45) is 3.43. The maximum Gasteiger partial charge on any atom is 0.264 e. The lowest BCUT2D eigenvalue weighted by molar-refractivity contribution is -0.118. The molecule has 1 saturated heterocycles. The first kappa shape index (κ1) is 20.8. The first-order valence-corrected chi connectivity index (χ1v) is 11.5. The smallest absolute Gasteiger partial charge is 0.264 e. The van der Waals surface area contributed by atoms with Gasteiger partial charge in [0, 0.05) is 6.54 Å². The number of ether oxygens (including phenoxy) is 1. The van der Waals surface area contributed by atoms with Gasteiger partial charge in [-0.15, -0.1) is 0 Å². The van der Waals surface area contributed by atoms with Crippen molar-refractivity contribution in [2.75, 3.05) is 25.0 Å². The molecule has 0 saturated carbocycles. The molecule has 2 aromatic carbocycles. The molecule has 1 aliphatic heterocycles. The van der Waals surface area contributed by atoms with Crippen LogP contribution in [0, 0.1) is 5.92 Å². The van der Waals surface area contributed by atoms with Gasteiger partial charge in [0.2, 0.25) is 0 Å². The van der Waals surface area contributed by atoms with E-state index in [-0.39, 0.29) is 12.5 Å². The largest absolute Gasteiger partial charge is 0.483 e. The fraction of sp³-hybridized carbons (Fsp3) is 0.417. The van der Waals surface area contributed by atoms with E-state index < -0.39 is 0 Å². The minimum Gasteiger partial charge on any atom is -0.483 e. The van der Waals surface area contributed by atoms with Crippen LogP contribution >= 0.6 is 11.3 Å². The molecule has 0 unspecified atom stereocenters. The summed E-state index contributed by atoms with van der Waals surface area (Å²) in [5, 5.41) is 3.49. The summed E-state index contributed by atoms with van der Waals surface area (Å²) in [7, 11) is 0. The molecule has 1 N–H and O–H groups in total. The summed E-state index contributed by atoms with van der Waals surface area (Å²) in [5.74, 6) is 1.41. The SMILES string of the molecule is CCc1ccccc1OCC(=O)Nc1nc2ccc(CN3CCC(C)CC3)cc2s1.